The maximum Gasteiger partial charge on any atom is 0.248 e. The van der Waals surface area contributed by atoms with E-state index in [2.05, 4.69) is 31.5 Å². The summed E-state index contributed by atoms with van der Waals surface area (Å²) in [6.07, 6.45) is 3.99. The van der Waals surface area contributed by atoms with Crippen molar-refractivity contribution in [3.63, 3.8) is 0 Å². The Bertz CT molecular complexity index is 1110. The fraction of sp³-hybridized carbons (Fsp3) is 0.381. The van der Waals surface area contributed by atoms with Crippen molar-refractivity contribution in [3.05, 3.63) is 42.1 Å². The minimum atomic E-state index is -0.237. The van der Waals surface area contributed by atoms with Crippen molar-refractivity contribution >= 4 is 40.7 Å². The van der Waals surface area contributed by atoms with Crippen LogP contribution in [-0.2, 0) is 23.1 Å². The highest BCUT2D eigenvalue weighted by molar-refractivity contribution is 7.99. The predicted molar refractivity (Wildman–Crippen MR) is 131 cm³/mol. The predicted octanol–water partition coefficient (Wildman–Crippen LogP) is 2.28. The normalized spacial score (nSPS) is 15.4. The summed E-state index contributed by atoms with van der Waals surface area (Å²) in [7, 11) is 1.86. The van der Waals surface area contributed by atoms with Crippen molar-refractivity contribution in [3.8, 4) is 11.5 Å². The van der Waals surface area contributed by atoms with Crippen molar-refractivity contribution < 1.29 is 9.53 Å². The Morgan fingerprint density at radius 2 is 2.06 bits per heavy atom. The van der Waals surface area contributed by atoms with Gasteiger partial charge >= 0.3 is 0 Å². The second kappa shape index (κ2) is 10.8. The fourth-order valence-corrected chi connectivity index (χ4v) is 4.28. The van der Waals surface area contributed by atoms with Gasteiger partial charge in [-0.3, -0.25) is 24.9 Å². The first kappa shape index (κ1) is 23.2. The van der Waals surface area contributed by atoms with Crippen LogP contribution in [0.1, 0.15) is 18.4 Å². The lowest BCUT2D eigenvalue weighted by atomic mass is 10.2. The van der Waals surface area contributed by atoms with E-state index >= 15 is 0 Å². The minimum Gasteiger partial charge on any atom is -0.376 e. The van der Waals surface area contributed by atoms with Gasteiger partial charge in [-0.25, -0.2) is 0 Å². The third-order valence-corrected chi connectivity index (χ3v) is 6.20. The summed E-state index contributed by atoms with van der Waals surface area (Å²) in [5, 5.41) is 17.0. The second-order valence-electron chi connectivity index (χ2n) is 7.71. The number of thiocarbonyl (C=S) groups is 1. The van der Waals surface area contributed by atoms with Gasteiger partial charge < -0.3 is 10.1 Å². The number of rotatable bonds is 7. The molecule has 3 N–H and O–H groups in total. The molecule has 3 aromatic rings. The van der Waals surface area contributed by atoms with E-state index in [-0.39, 0.29) is 17.8 Å². The summed E-state index contributed by atoms with van der Waals surface area (Å²) < 4.78 is 9.50. The number of aryl methyl sites for hydroxylation is 2. The van der Waals surface area contributed by atoms with Gasteiger partial charge in [0.25, 0.3) is 0 Å². The van der Waals surface area contributed by atoms with Crippen LogP contribution in [0.3, 0.4) is 0 Å². The summed E-state index contributed by atoms with van der Waals surface area (Å²) >= 11 is 6.53. The number of amides is 1. The van der Waals surface area contributed by atoms with Crippen LogP contribution in [0.5, 0.6) is 0 Å². The number of ether oxygens (including phenoxy) is 1. The lowest BCUT2D eigenvalue weighted by molar-refractivity contribution is -0.119. The van der Waals surface area contributed by atoms with Gasteiger partial charge in [0.2, 0.25) is 5.91 Å². The van der Waals surface area contributed by atoms with E-state index in [1.807, 2.05) is 55.1 Å². The standard InChI is InChI=1S/C21H26N8O2S2/c1-14-5-7-15(8-6-14)22-20(32)25-23-18(30)13-33-21-26-24-19(17-9-10-28(2)27-17)29(21)12-16-4-3-11-31-16/h5-10,16H,3-4,11-13H2,1-2H3,(H,23,30)(H2,22,25,32)/t16-/m1/s1. The Balaban J connectivity index is 1.34. The number of benzene rings is 1. The summed E-state index contributed by atoms with van der Waals surface area (Å²) in [6, 6.07) is 9.68. The second-order valence-corrected chi connectivity index (χ2v) is 9.06. The molecule has 4 rings (SSSR count). The van der Waals surface area contributed by atoms with Gasteiger partial charge in [-0.05, 0) is 50.2 Å². The zero-order valence-corrected chi connectivity index (χ0v) is 20.1. The molecule has 174 valence electrons. The molecule has 0 bridgehead atoms. The van der Waals surface area contributed by atoms with Crippen LogP contribution >= 0.6 is 24.0 Å². The quantitative estimate of drug-likeness (QED) is 0.263. The first-order chi connectivity index (χ1) is 16.0. The maximum atomic E-state index is 12.4. The molecule has 10 nitrogen and oxygen atoms in total. The Labute approximate surface area is 201 Å². The van der Waals surface area contributed by atoms with Crippen LogP contribution in [0.15, 0.2) is 41.7 Å². The lowest BCUT2D eigenvalue weighted by Gasteiger charge is -2.14. The molecular weight excluding hydrogens is 460 g/mol. The van der Waals surface area contributed by atoms with Gasteiger partial charge in [-0.15, -0.1) is 10.2 Å². The van der Waals surface area contributed by atoms with Crippen LogP contribution in [0, 0.1) is 6.92 Å². The molecule has 1 aliphatic heterocycles. The number of hydrogen-bond acceptors (Lipinski definition) is 7. The van der Waals surface area contributed by atoms with Crippen LogP contribution in [0.25, 0.3) is 11.5 Å². The largest absolute Gasteiger partial charge is 0.376 e. The van der Waals surface area contributed by atoms with E-state index in [1.54, 1.807) is 4.68 Å². The number of hydrogen-bond donors (Lipinski definition) is 3. The molecule has 2 aromatic heterocycles. The zero-order valence-electron chi connectivity index (χ0n) is 18.4. The summed E-state index contributed by atoms with van der Waals surface area (Å²) in [5.41, 5.74) is 8.05. The van der Waals surface area contributed by atoms with Crippen molar-refractivity contribution in [1.29, 1.82) is 0 Å². The Hall–Kier alpha value is -2.96. The van der Waals surface area contributed by atoms with Gasteiger partial charge in [-0.1, -0.05) is 29.5 Å². The number of carbonyl (C=O) groups excluding carboxylic acids is 1. The third kappa shape index (κ3) is 6.30. The third-order valence-electron chi connectivity index (χ3n) is 5.03. The summed E-state index contributed by atoms with van der Waals surface area (Å²) in [6.45, 7) is 3.39. The van der Waals surface area contributed by atoms with Crippen LogP contribution < -0.4 is 16.2 Å². The molecule has 1 saturated heterocycles. The average molecular weight is 487 g/mol. The first-order valence-electron chi connectivity index (χ1n) is 10.6. The first-order valence-corrected chi connectivity index (χ1v) is 12.0. The number of hydrazine groups is 1. The highest BCUT2D eigenvalue weighted by atomic mass is 32.2. The molecule has 0 saturated carbocycles. The number of thioether (sulfide) groups is 1. The molecule has 3 heterocycles. The van der Waals surface area contributed by atoms with Crippen molar-refractivity contribution in [2.45, 2.75) is 37.6 Å². The van der Waals surface area contributed by atoms with E-state index in [4.69, 9.17) is 17.0 Å². The van der Waals surface area contributed by atoms with E-state index < -0.39 is 0 Å². The highest BCUT2D eigenvalue weighted by Gasteiger charge is 2.23. The smallest absolute Gasteiger partial charge is 0.248 e. The lowest BCUT2D eigenvalue weighted by Crippen LogP contribution is -2.44. The van der Waals surface area contributed by atoms with Crippen LogP contribution in [0.2, 0.25) is 0 Å². The number of anilines is 1. The summed E-state index contributed by atoms with van der Waals surface area (Å²) in [5.74, 6) is 0.571. The molecule has 1 aromatic carbocycles. The molecular formula is C21H26N8O2S2. The van der Waals surface area contributed by atoms with E-state index in [0.717, 1.165) is 36.4 Å². The number of nitrogens with one attached hydrogen (secondary N) is 3. The fourth-order valence-electron chi connectivity index (χ4n) is 3.37. The Kier molecular flexibility index (Phi) is 7.57. The molecule has 0 aliphatic carbocycles. The molecule has 1 aliphatic rings. The monoisotopic (exact) mass is 486 g/mol. The zero-order chi connectivity index (χ0) is 23.2. The van der Waals surface area contributed by atoms with Crippen molar-refractivity contribution in [2.24, 2.45) is 7.05 Å². The van der Waals surface area contributed by atoms with Crippen LogP contribution in [-0.4, -0.2) is 54.0 Å². The number of nitrogens with zero attached hydrogens (tertiary/aromatic N) is 5. The minimum absolute atomic E-state index is 0.100. The molecule has 0 radical (unpaired) electrons. The van der Waals surface area contributed by atoms with E-state index in [1.165, 1.54) is 11.8 Å². The van der Waals surface area contributed by atoms with Gasteiger partial charge in [0, 0.05) is 25.5 Å². The topological polar surface area (TPSA) is 111 Å². The molecule has 0 unspecified atom stereocenters. The van der Waals surface area contributed by atoms with Gasteiger partial charge in [0.15, 0.2) is 16.1 Å². The number of aromatic nitrogens is 5. The molecule has 0 spiro atoms. The van der Waals surface area contributed by atoms with Gasteiger partial charge in [-0.2, -0.15) is 5.10 Å². The van der Waals surface area contributed by atoms with Crippen LogP contribution in [0.4, 0.5) is 5.69 Å². The molecule has 33 heavy (non-hydrogen) atoms. The Morgan fingerprint density at radius 1 is 1.24 bits per heavy atom. The van der Waals surface area contributed by atoms with Crippen molar-refractivity contribution in [2.75, 3.05) is 17.7 Å². The highest BCUT2D eigenvalue weighted by Crippen LogP contribution is 2.25. The maximum absolute atomic E-state index is 12.4. The van der Waals surface area contributed by atoms with Gasteiger partial charge in [0.1, 0.15) is 5.69 Å². The van der Waals surface area contributed by atoms with Gasteiger partial charge in [0.05, 0.1) is 18.4 Å². The summed E-state index contributed by atoms with van der Waals surface area (Å²) in [4.78, 5) is 12.4. The van der Waals surface area contributed by atoms with E-state index in [9.17, 15) is 4.79 Å². The van der Waals surface area contributed by atoms with Crippen molar-refractivity contribution in [1.82, 2.24) is 35.4 Å². The average Bonchev–Trinajstić information content (AvgIpc) is 3.55. The Morgan fingerprint density at radius 3 is 2.76 bits per heavy atom. The molecule has 12 heteroatoms. The van der Waals surface area contributed by atoms with E-state index in [0.29, 0.717) is 22.6 Å². The molecule has 1 fully saturated rings. The SMILES string of the molecule is Cc1ccc(NC(=S)NNC(=O)CSc2nnc(-c3ccn(C)n3)n2C[C@H]2CCCO2)cc1. The number of carbonyl (C=O) groups is 1. The molecule has 1 atom stereocenters. The molecule has 1 amide bonds.